The number of halogens is 1. The fourth-order valence-electron chi connectivity index (χ4n) is 2.53. The minimum atomic E-state index is -0.285. The largest absolute Gasteiger partial charge is 0.349 e. The average molecular weight is 303 g/mol. The maximum atomic E-state index is 12.1. The molecule has 1 atom stereocenters. The van der Waals surface area contributed by atoms with Gasteiger partial charge in [-0.3, -0.25) is 4.79 Å². The Balaban J connectivity index is 1.69. The molecule has 1 aliphatic rings. The number of hydrogen-bond donors (Lipinski definition) is 2. The van der Waals surface area contributed by atoms with Crippen molar-refractivity contribution in [2.75, 3.05) is 13.1 Å². The summed E-state index contributed by atoms with van der Waals surface area (Å²) >= 11 is 5.92. The summed E-state index contributed by atoms with van der Waals surface area (Å²) < 4.78 is 0. The van der Waals surface area contributed by atoms with E-state index in [4.69, 9.17) is 11.6 Å². The van der Waals surface area contributed by atoms with Crippen molar-refractivity contribution < 1.29 is 4.79 Å². The van der Waals surface area contributed by atoms with Crippen LogP contribution < -0.4 is 10.6 Å². The topological polar surface area (TPSA) is 66.9 Å². The Hall–Kier alpha value is -1.98. The number of nitrogens with one attached hydrogen (secondary N) is 2. The van der Waals surface area contributed by atoms with E-state index in [1.807, 2.05) is 12.1 Å². The van der Waals surface area contributed by atoms with Crippen molar-refractivity contribution in [3.05, 3.63) is 58.6 Å². The summed E-state index contributed by atoms with van der Waals surface area (Å²) in [6.07, 6.45) is 3.74. The molecule has 1 aromatic carbocycles. The zero-order valence-corrected chi connectivity index (χ0v) is 12.1. The molecule has 1 aliphatic heterocycles. The summed E-state index contributed by atoms with van der Waals surface area (Å²) in [7, 11) is 0. The van der Waals surface area contributed by atoms with Crippen LogP contribution in [0.1, 0.15) is 27.7 Å². The van der Waals surface area contributed by atoms with Crippen LogP contribution in [0, 0.1) is 0 Å². The predicted molar refractivity (Wildman–Crippen MR) is 80.3 cm³/mol. The van der Waals surface area contributed by atoms with Crippen molar-refractivity contribution in [2.45, 2.75) is 12.5 Å². The third-order valence-electron chi connectivity index (χ3n) is 3.57. The van der Waals surface area contributed by atoms with Crippen molar-refractivity contribution in [3.8, 4) is 0 Å². The first-order valence-electron chi connectivity index (χ1n) is 6.80. The maximum absolute atomic E-state index is 12.1. The van der Waals surface area contributed by atoms with E-state index in [1.54, 1.807) is 0 Å². The van der Waals surface area contributed by atoms with Crippen LogP contribution in [0.25, 0.3) is 0 Å². The zero-order chi connectivity index (χ0) is 14.7. The van der Waals surface area contributed by atoms with Gasteiger partial charge in [0.25, 0.3) is 5.91 Å². The normalized spacial score (nSPS) is 17.1. The van der Waals surface area contributed by atoms with E-state index in [0.717, 1.165) is 13.0 Å². The van der Waals surface area contributed by atoms with Gasteiger partial charge in [0.15, 0.2) is 0 Å². The lowest BCUT2D eigenvalue weighted by molar-refractivity contribution is 0.0944. The van der Waals surface area contributed by atoms with Crippen molar-refractivity contribution in [2.24, 2.45) is 0 Å². The second kappa shape index (κ2) is 6.20. The van der Waals surface area contributed by atoms with Crippen molar-refractivity contribution in [1.29, 1.82) is 0 Å². The Morgan fingerprint density at radius 1 is 1.43 bits per heavy atom. The number of hydrogen-bond acceptors (Lipinski definition) is 4. The van der Waals surface area contributed by atoms with Crippen molar-refractivity contribution in [3.63, 3.8) is 0 Å². The summed E-state index contributed by atoms with van der Waals surface area (Å²) in [5, 5.41) is 6.55. The molecular formula is C15H15ClN4O. The number of carbonyl (C=O) groups excluding carboxylic acids is 1. The lowest BCUT2D eigenvalue weighted by Gasteiger charge is -2.27. The maximum Gasteiger partial charge on any atom is 0.271 e. The smallest absolute Gasteiger partial charge is 0.271 e. The van der Waals surface area contributed by atoms with E-state index in [2.05, 4.69) is 32.7 Å². The van der Waals surface area contributed by atoms with Gasteiger partial charge in [-0.05, 0) is 24.1 Å². The zero-order valence-electron chi connectivity index (χ0n) is 11.3. The van der Waals surface area contributed by atoms with Gasteiger partial charge in [0, 0.05) is 18.8 Å². The molecule has 2 aromatic rings. The highest BCUT2D eigenvalue weighted by molar-refractivity contribution is 6.33. The molecule has 3 rings (SSSR count). The molecule has 2 heterocycles. The Bertz CT molecular complexity index is 662. The molecule has 6 heteroatoms. The molecule has 108 valence electrons. The van der Waals surface area contributed by atoms with Crippen LogP contribution in [0.3, 0.4) is 0 Å². The third kappa shape index (κ3) is 3.04. The van der Waals surface area contributed by atoms with Gasteiger partial charge < -0.3 is 10.6 Å². The predicted octanol–water partition coefficient (Wildman–Crippen LogP) is 1.75. The van der Waals surface area contributed by atoms with Crippen LogP contribution in [0.2, 0.25) is 5.02 Å². The van der Waals surface area contributed by atoms with E-state index in [0.29, 0.717) is 6.54 Å². The van der Waals surface area contributed by atoms with E-state index >= 15 is 0 Å². The standard InChI is InChI=1S/C15H15ClN4O/c16-12-7-17-9-20-14(12)15(21)19-8-13-11-4-2-1-3-10(11)5-6-18-13/h1-4,7,9,13,18H,5-6,8H2,(H,19,21). The Labute approximate surface area is 127 Å². The molecule has 1 unspecified atom stereocenters. The first kappa shape index (κ1) is 14.0. The van der Waals surface area contributed by atoms with Crippen LogP contribution in [0.5, 0.6) is 0 Å². The minimum Gasteiger partial charge on any atom is -0.349 e. The van der Waals surface area contributed by atoms with E-state index in [-0.39, 0.29) is 22.7 Å². The van der Waals surface area contributed by atoms with Gasteiger partial charge in [-0.2, -0.15) is 0 Å². The van der Waals surface area contributed by atoms with E-state index in [1.165, 1.54) is 23.7 Å². The second-order valence-electron chi connectivity index (χ2n) is 4.88. The third-order valence-corrected chi connectivity index (χ3v) is 3.84. The number of aromatic nitrogens is 2. The first-order chi connectivity index (χ1) is 10.3. The molecule has 0 fully saturated rings. The number of nitrogens with zero attached hydrogens (tertiary/aromatic N) is 2. The highest BCUT2D eigenvalue weighted by Gasteiger charge is 2.20. The van der Waals surface area contributed by atoms with Crippen LogP contribution in [-0.4, -0.2) is 29.0 Å². The lowest BCUT2D eigenvalue weighted by atomic mass is 9.94. The average Bonchev–Trinajstić information content (AvgIpc) is 2.53. The summed E-state index contributed by atoms with van der Waals surface area (Å²) in [5.41, 5.74) is 2.77. The number of fused-ring (bicyclic) bond motifs is 1. The molecule has 0 saturated carbocycles. The fraction of sp³-hybridized carbons (Fsp3) is 0.267. The van der Waals surface area contributed by atoms with Crippen molar-refractivity contribution in [1.82, 2.24) is 20.6 Å². The molecule has 0 radical (unpaired) electrons. The molecular weight excluding hydrogens is 288 g/mol. The fourth-order valence-corrected chi connectivity index (χ4v) is 2.72. The molecule has 0 spiro atoms. The van der Waals surface area contributed by atoms with Gasteiger partial charge in [-0.25, -0.2) is 9.97 Å². The van der Waals surface area contributed by atoms with Crippen LogP contribution in [0.4, 0.5) is 0 Å². The number of amides is 1. The summed E-state index contributed by atoms with van der Waals surface area (Å²) in [4.78, 5) is 19.8. The van der Waals surface area contributed by atoms with Gasteiger partial charge in [0.1, 0.15) is 12.0 Å². The van der Waals surface area contributed by atoms with Gasteiger partial charge in [0.2, 0.25) is 0 Å². The van der Waals surface area contributed by atoms with Crippen molar-refractivity contribution >= 4 is 17.5 Å². The minimum absolute atomic E-state index is 0.111. The second-order valence-corrected chi connectivity index (χ2v) is 5.29. The summed E-state index contributed by atoms with van der Waals surface area (Å²) in [6.45, 7) is 1.40. The van der Waals surface area contributed by atoms with Gasteiger partial charge in [0.05, 0.1) is 5.02 Å². The summed E-state index contributed by atoms with van der Waals surface area (Å²) in [6, 6.07) is 8.39. The summed E-state index contributed by atoms with van der Waals surface area (Å²) in [5.74, 6) is -0.285. The number of benzene rings is 1. The molecule has 1 amide bonds. The Morgan fingerprint density at radius 2 is 2.29 bits per heavy atom. The molecule has 0 saturated heterocycles. The molecule has 5 nitrogen and oxygen atoms in total. The number of rotatable bonds is 3. The quantitative estimate of drug-likeness (QED) is 0.906. The van der Waals surface area contributed by atoms with Gasteiger partial charge in [-0.1, -0.05) is 35.9 Å². The van der Waals surface area contributed by atoms with Gasteiger partial charge in [-0.15, -0.1) is 0 Å². The first-order valence-corrected chi connectivity index (χ1v) is 7.18. The SMILES string of the molecule is O=C(NCC1NCCc2ccccc21)c1ncncc1Cl. The Morgan fingerprint density at radius 3 is 3.14 bits per heavy atom. The molecule has 1 aromatic heterocycles. The highest BCUT2D eigenvalue weighted by Crippen LogP contribution is 2.22. The van der Waals surface area contributed by atoms with Crippen LogP contribution in [-0.2, 0) is 6.42 Å². The Kier molecular flexibility index (Phi) is 4.13. The van der Waals surface area contributed by atoms with E-state index < -0.39 is 0 Å². The molecule has 21 heavy (non-hydrogen) atoms. The molecule has 0 bridgehead atoms. The van der Waals surface area contributed by atoms with Gasteiger partial charge >= 0.3 is 0 Å². The van der Waals surface area contributed by atoms with Crippen LogP contribution in [0.15, 0.2) is 36.8 Å². The molecule has 0 aliphatic carbocycles. The monoisotopic (exact) mass is 302 g/mol. The number of carbonyl (C=O) groups is 1. The molecule has 2 N–H and O–H groups in total. The van der Waals surface area contributed by atoms with Crippen LogP contribution >= 0.6 is 11.6 Å². The lowest BCUT2D eigenvalue weighted by Crippen LogP contribution is -2.39. The highest BCUT2D eigenvalue weighted by atomic mass is 35.5. The van der Waals surface area contributed by atoms with E-state index in [9.17, 15) is 4.79 Å².